The Hall–Kier alpha value is -0.710. The van der Waals surface area contributed by atoms with Crippen molar-refractivity contribution in [1.29, 1.82) is 0 Å². The summed E-state index contributed by atoms with van der Waals surface area (Å²) < 4.78 is 25.6. The highest BCUT2D eigenvalue weighted by Gasteiger charge is 2.58. The molecule has 1 amide bonds. The van der Waals surface area contributed by atoms with Gasteiger partial charge in [0.2, 0.25) is 11.8 Å². The Bertz CT molecular complexity index is 267. The Labute approximate surface area is 87.8 Å². The van der Waals surface area contributed by atoms with E-state index in [0.717, 1.165) is 13.1 Å². The second kappa shape index (κ2) is 3.40. The number of nitrogens with zero attached hydrogens (tertiary/aromatic N) is 1. The molecule has 0 radical (unpaired) electrons. The van der Waals surface area contributed by atoms with Crippen LogP contribution in [0, 0.1) is 5.41 Å². The van der Waals surface area contributed by atoms with Gasteiger partial charge in [0.1, 0.15) is 0 Å². The molecule has 5 heteroatoms. The normalized spacial score (nSPS) is 28.3. The van der Waals surface area contributed by atoms with E-state index in [-0.39, 0.29) is 18.7 Å². The van der Waals surface area contributed by atoms with Crippen LogP contribution in [-0.4, -0.2) is 42.9 Å². The molecule has 15 heavy (non-hydrogen) atoms. The second-order valence-electron chi connectivity index (χ2n) is 4.81. The summed E-state index contributed by atoms with van der Waals surface area (Å²) in [6.45, 7) is 4.45. The number of alkyl halides is 2. The summed E-state index contributed by atoms with van der Waals surface area (Å²) in [5.41, 5.74) is -0.819. The minimum absolute atomic E-state index is 0.102. The van der Waals surface area contributed by atoms with Crippen LogP contribution in [0.2, 0.25) is 0 Å². The third kappa shape index (κ3) is 1.97. The number of hydrogen-bond donors (Lipinski definition) is 1. The number of piperazine rings is 1. The molecular formula is C10H16F2N2O. The summed E-state index contributed by atoms with van der Waals surface area (Å²) in [5, 5.41) is 3.13. The van der Waals surface area contributed by atoms with Crippen molar-refractivity contribution < 1.29 is 13.6 Å². The maximum absolute atomic E-state index is 12.8. The molecule has 0 aromatic carbocycles. The zero-order valence-electron chi connectivity index (χ0n) is 8.85. The zero-order chi connectivity index (χ0) is 11.1. The van der Waals surface area contributed by atoms with Crippen molar-refractivity contribution in [3.05, 3.63) is 0 Å². The van der Waals surface area contributed by atoms with E-state index in [0.29, 0.717) is 13.1 Å². The number of halogens is 2. The Morgan fingerprint density at radius 2 is 1.80 bits per heavy atom. The van der Waals surface area contributed by atoms with Crippen LogP contribution in [0.4, 0.5) is 8.78 Å². The molecule has 1 saturated heterocycles. The quantitative estimate of drug-likeness (QED) is 0.707. The minimum Gasteiger partial charge on any atom is -0.340 e. The van der Waals surface area contributed by atoms with E-state index in [2.05, 4.69) is 5.32 Å². The van der Waals surface area contributed by atoms with Crippen molar-refractivity contribution in [2.45, 2.75) is 25.7 Å². The van der Waals surface area contributed by atoms with Gasteiger partial charge in [0.25, 0.3) is 0 Å². The van der Waals surface area contributed by atoms with Gasteiger partial charge in [-0.1, -0.05) is 6.92 Å². The van der Waals surface area contributed by atoms with E-state index >= 15 is 0 Å². The first-order chi connectivity index (χ1) is 6.93. The third-order valence-electron chi connectivity index (χ3n) is 3.22. The van der Waals surface area contributed by atoms with Crippen LogP contribution in [0.1, 0.15) is 19.8 Å². The lowest BCUT2D eigenvalue weighted by atomic mass is 9.66. The van der Waals surface area contributed by atoms with Crippen LogP contribution in [0.15, 0.2) is 0 Å². The molecule has 1 N–H and O–H groups in total. The average molecular weight is 218 g/mol. The van der Waals surface area contributed by atoms with Crippen LogP contribution in [0.25, 0.3) is 0 Å². The van der Waals surface area contributed by atoms with Crippen LogP contribution in [0.5, 0.6) is 0 Å². The maximum atomic E-state index is 12.8. The van der Waals surface area contributed by atoms with Gasteiger partial charge in [-0.15, -0.1) is 0 Å². The maximum Gasteiger partial charge on any atom is 0.250 e. The lowest BCUT2D eigenvalue weighted by Gasteiger charge is -2.46. The highest BCUT2D eigenvalue weighted by Crippen LogP contribution is 2.52. The minimum atomic E-state index is -2.63. The van der Waals surface area contributed by atoms with Crippen molar-refractivity contribution in [3.63, 3.8) is 0 Å². The number of carbonyl (C=O) groups excluding carboxylic acids is 1. The topological polar surface area (TPSA) is 32.3 Å². The van der Waals surface area contributed by atoms with Crippen LogP contribution in [-0.2, 0) is 4.79 Å². The molecular weight excluding hydrogens is 202 g/mol. The highest BCUT2D eigenvalue weighted by atomic mass is 19.3. The number of carbonyl (C=O) groups is 1. The first-order valence-corrected chi connectivity index (χ1v) is 5.31. The largest absolute Gasteiger partial charge is 0.340 e. The predicted octanol–water partition coefficient (Wildman–Crippen LogP) is 0.854. The molecule has 0 atom stereocenters. The second-order valence-corrected chi connectivity index (χ2v) is 4.81. The van der Waals surface area contributed by atoms with Crippen LogP contribution >= 0.6 is 0 Å². The summed E-state index contributed by atoms with van der Waals surface area (Å²) in [4.78, 5) is 13.7. The average Bonchev–Trinajstić information content (AvgIpc) is 2.15. The smallest absolute Gasteiger partial charge is 0.250 e. The monoisotopic (exact) mass is 218 g/mol. The molecule has 0 spiro atoms. The van der Waals surface area contributed by atoms with Gasteiger partial charge in [0, 0.05) is 39.0 Å². The molecule has 2 rings (SSSR count). The van der Waals surface area contributed by atoms with Crippen molar-refractivity contribution >= 4 is 5.91 Å². The first-order valence-electron chi connectivity index (χ1n) is 5.31. The van der Waals surface area contributed by atoms with Crippen molar-refractivity contribution in [3.8, 4) is 0 Å². The number of nitrogens with one attached hydrogen (secondary N) is 1. The predicted molar refractivity (Wildman–Crippen MR) is 51.7 cm³/mol. The summed E-state index contributed by atoms with van der Waals surface area (Å²) in [7, 11) is 0. The van der Waals surface area contributed by atoms with Crippen LogP contribution in [0.3, 0.4) is 0 Å². The summed E-state index contributed by atoms with van der Waals surface area (Å²) in [5.74, 6) is -2.73. The first kappa shape index (κ1) is 10.8. The molecule has 0 unspecified atom stereocenters. The van der Waals surface area contributed by atoms with Crippen molar-refractivity contribution in [2.24, 2.45) is 5.41 Å². The van der Waals surface area contributed by atoms with Gasteiger partial charge >= 0.3 is 0 Å². The fraction of sp³-hybridized carbons (Fsp3) is 0.900. The van der Waals surface area contributed by atoms with Crippen LogP contribution < -0.4 is 5.32 Å². The molecule has 1 saturated carbocycles. The molecule has 2 fully saturated rings. The Kier molecular flexibility index (Phi) is 2.45. The van der Waals surface area contributed by atoms with Gasteiger partial charge in [-0.2, -0.15) is 0 Å². The Balaban J connectivity index is 1.96. The molecule has 0 bridgehead atoms. The van der Waals surface area contributed by atoms with Gasteiger partial charge in [-0.25, -0.2) is 8.78 Å². The van der Waals surface area contributed by atoms with Gasteiger partial charge < -0.3 is 10.2 Å². The standard InChI is InChI=1S/C10H16F2N2O/c1-9(6-10(11,12)7-9)8(15)14-4-2-13-3-5-14/h13H,2-7H2,1H3. The van der Waals surface area contributed by atoms with E-state index < -0.39 is 11.3 Å². The fourth-order valence-corrected chi connectivity index (χ4v) is 2.49. The van der Waals surface area contributed by atoms with E-state index in [9.17, 15) is 13.6 Å². The Morgan fingerprint density at radius 3 is 2.27 bits per heavy atom. The van der Waals surface area contributed by atoms with E-state index in [4.69, 9.17) is 0 Å². The lowest BCUT2D eigenvalue weighted by Crippen LogP contribution is -2.57. The fourth-order valence-electron chi connectivity index (χ4n) is 2.49. The lowest BCUT2D eigenvalue weighted by molar-refractivity contribution is -0.183. The van der Waals surface area contributed by atoms with Gasteiger partial charge in [-0.3, -0.25) is 4.79 Å². The third-order valence-corrected chi connectivity index (χ3v) is 3.22. The van der Waals surface area contributed by atoms with E-state index in [1.807, 2.05) is 0 Å². The molecule has 0 aromatic heterocycles. The molecule has 1 aliphatic carbocycles. The molecule has 86 valence electrons. The van der Waals surface area contributed by atoms with Gasteiger partial charge in [-0.05, 0) is 0 Å². The van der Waals surface area contributed by atoms with Gasteiger partial charge in [0.15, 0.2) is 0 Å². The van der Waals surface area contributed by atoms with Crippen molar-refractivity contribution in [1.82, 2.24) is 10.2 Å². The number of rotatable bonds is 1. The highest BCUT2D eigenvalue weighted by molar-refractivity contribution is 5.83. The van der Waals surface area contributed by atoms with Crippen molar-refractivity contribution in [2.75, 3.05) is 26.2 Å². The summed E-state index contributed by atoms with van der Waals surface area (Å²) >= 11 is 0. The molecule has 1 aliphatic heterocycles. The summed E-state index contributed by atoms with van der Waals surface area (Å²) in [6, 6.07) is 0. The zero-order valence-corrected chi connectivity index (χ0v) is 8.85. The molecule has 3 nitrogen and oxygen atoms in total. The molecule has 1 heterocycles. The number of hydrogen-bond acceptors (Lipinski definition) is 2. The van der Waals surface area contributed by atoms with E-state index in [1.165, 1.54) is 0 Å². The molecule has 0 aromatic rings. The Morgan fingerprint density at radius 1 is 1.27 bits per heavy atom. The molecule has 2 aliphatic rings. The summed E-state index contributed by atoms with van der Waals surface area (Å²) in [6.07, 6.45) is -0.578. The SMILES string of the molecule is CC1(C(=O)N2CCNCC2)CC(F)(F)C1. The number of amides is 1. The van der Waals surface area contributed by atoms with E-state index in [1.54, 1.807) is 11.8 Å². The van der Waals surface area contributed by atoms with Gasteiger partial charge in [0.05, 0.1) is 5.41 Å².